The first-order valence-corrected chi connectivity index (χ1v) is 10.3. The summed E-state index contributed by atoms with van der Waals surface area (Å²) in [4.78, 5) is 15.9. The lowest BCUT2D eigenvalue weighted by Crippen LogP contribution is -2.34. The second-order valence-electron chi connectivity index (χ2n) is 7.40. The van der Waals surface area contributed by atoms with Crippen molar-refractivity contribution >= 4 is 16.9 Å². The number of hydrogen-bond donors (Lipinski definition) is 1. The highest BCUT2D eigenvalue weighted by Gasteiger charge is 2.18. The molecule has 1 aliphatic heterocycles. The third-order valence-corrected chi connectivity index (χ3v) is 5.29. The van der Waals surface area contributed by atoms with Gasteiger partial charge in [0.25, 0.3) is 0 Å². The molecule has 1 aromatic heterocycles. The van der Waals surface area contributed by atoms with Gasteiger partial charge in [0.05, 0.1) is 26.2 Å². The fraction of sp³-hybridized carbons (Fsp3) is 0.333. The van der Waals surface area contributed by atoms with Gasteiger partial charge in [0.1, 0.15) is 17.6 Å². The number of methoxy groups -OCH3 is 2. The topological polar surface area (TPSA) is 78.9 Å². The molecule has 0 radical (unpaired) electrons. The number of piperidine rings is 1. The van der Waals surface area contributed by atoms with Crippen molar-refractivity contribution in [2.75, 3.05) is 27.3 Å². The van der Waals surface area contributed by atoms with Crippen LogP contribution in [0.3, 0.4) is 0 Å². The van der Waals surface area contributed by atoms with Gasteiger partial charge < -0.3 is 24.3 Å². The third kappa shape index (κ3) is 5.06. The SMILES string of the molecule is COC(=O)Cc1ccc(Oc2ccnc3cc(OC4CCNCC4)c(OC)cc23)cc1. The molecule has 0 aliphatic carbocycles. The Balaban J connectivity index is 1.57. The van der Waals surface area contributed by atoms with E-state index in [1.165, 1.54) is 7.11 Å². The van der Waals surface area contributed by atoms with Gasteiger partial charge in [-0.1, -0.05) is 12.1 Å². The monoisotopic (exact) mass is 422 g/mol. The minimum atomic E-state index is -0.275. The molecule has 162 valence electrons. The summed E-state index contributed by atoms with van der Waals surface area (Å²) in [7, 11) is 3.01. The van der Waals surface area contributed by atoms with Gasteiger partial charge in [-0.3, -0.25) is 9.78 Å². The van der Waals surface area contributed by atoms with E-state index >= 15 is 0 Å². The predicted octanol–water partition coefficient (Wildman–Crippen LogP) is 3.88. The van der Waals surface area contributed by atoms with Crippen LogP contribution in [0.15, 0.2) is 48.7 Å². The van der Waals surface area contributed by atoms with Crippen LogP contribution in [0.4, 0.5) is 0 Å². The molecule has 0 unspecified atom stereocenters. The van der Waals surface area contributed by atoms with Crippen molar-refractivity contribution < 1.29 is 23.7 Å². The zero-order valence-corrected chi connectivity index (χ0v) is 17.7. The number of esters is 1. The lowest BCUT2D eigenvalue weighted by atomic mass is 10.1. The van der Waals surface area contributed by atoms with E-state index in [1.54, 1.807) is 13.3 Å². The average Bonchev–Trinajstić information content (AvgIpc) is 2.80. The normalized spacial score (nSPS) is 14.3. The molecule has 0 saturated carbocycles. The molecule has 1 N–H and O–H groups in total. The summed E-state index contributed by atoms with van der Waals surface area (Å²) in [6, 6.07) is 13.0. The van der Waals surface area contributed by atoms with Crippen molar-refractivity contribution in [2.24, 2.45) is 0 Å². The fourth-order valence-corrected chi connectivity index (χ4v) is 3.60. The van der Waals surface area contributed by atoms with Crippen molar-refractivity contribution in [2.45, 2.75) is 25.4 Å². The molecule has 0 bridgehead atoms. The highest BCUT2D eigenvalue weighted by atomic mass is 16.5. The Morgan fingerprint density at radius 1 is 1.03 bits per heavy atom. The van der Waals surface area contributed by atoms with E-state index < -0.39 is 0 Å². The van der Waals surface area contributed by atoms with Crippen LogP contribution in [0.2, 0.25) is 0 Å². The van der Waals surface area contributed by atoms with Crippen LogP contribution < -0.4 is 19.5 Å². The quantitative estimate of drug-likeness (QED) is 0.579. The van der Waals surface area contributed by atoms with Gasteiger partial charge in [0.15, 0.2) is 11.5 Å². The molecule has 0 spiro atoms. The predicted molar refractivity (Wildman–Crippen MR) is 117 cm³/mol. The second-order valence-corrected chi connectivity index (χ2v) is 7.40. The molecule has 4 rings (SSSR count). The van der Waals surface area contributed by atoms with E-state index in [2.05, 4.69) is 10.3 Å². The first-order valence-electron chi connectivity index (χ1n) is 10.3. The number of carbonyl (C=O) groups is 1. The van der Waals surface area contributed by atoms with Crippen LogP contribution in [0.5, 0.6) is 23.0 Å². The number of fused-ring (bicyclic) bond motifs is 1. The molecule has 1 fully saturated rings. The number of benzene rings is 2. The molecule has 1 aliphatic rings. The number of nitrogens with one attached hydrogen (secondary N) is 1. The molecule has 2 aromatic carbocycles. The molecule has 0 amide bonds. The zero-order chi connectivity index (χ0) is 21.6. The smallest absolute Gasteiger partial charge is 0.309 e. The largest absolute Gasteiger partial charge is 0.493 e. The van der Waals surface area contributed by atoms with Gasteiger partial charge in [-0.05, 0) is 55.8 Å². The molecule has 1 saturated heterocycles. The first kappa shape index (κ1) is 20.9. The summed E-state index contributed by atoms with van der Waals surface area (Å²) in [5.74, 6) is 2.40. The molecule has 2 heterocycles. The van der Waals surface area contributed by atoms with Crippen LogP contribution in [0.25, 0.3) is 10.9 Å². The lowest BCUT2D eigenvalue weighted by Gasteiger charge is -2.25. The fourth-order valence-electron chi connectivity index (χ4n) is 3.60. The van der Waals surface area contributed by atoms with Gasteiger partial charge in [-0.25, -0.2) is 0 Å². The van der Waals surface area contributed by atoms with Gasteiger partial charge in [-0.2, -0.15) is 0 Å². The molecule has 7 heteroatoms. The first-order chi connectivity index (χ1) is 15.2. The van der Waals surface area contributed by atoms with Crippen LogP contribution in [0.1, 0.15) is 18.4 Å². The number of carbonyl (C=O) groups excluding carboxylic acids is 1. The second kappa shape index (κ2) is 9.66. The Hall–Kier alpha value is -3.32. The highest BCUT2D eigenvalue weighted by molar-refractivity contribution is 5.88. The number of rotatable bonds is 7. The Bertz CT molecular complexity index is 1050. The van der Waals surface area contributed by atoms with Gasteiger partial charge in [0, 0.05) is 17.6 Å². The minimum absolute atomic E-state index is 0.163. The number of aromatic nitrogens is 1. The van der Waals surface area contributed by atoms with Gasteiger partial charge in [0.2, 0.25) is 0 Å². The Labute approximate surface area is 181 Å². The summed E-state index contributed by atoms with van der Waals surface area (Å²) in [5.41, 5.74) is 1.63. The Kier molecular flexibility index (Phi) is 6.52. The molecule has 0 atom stereocenters. The maximum absolute atomic E-state index is 11.4. The third-order valence-electron chi connectivity index (χ3n) is 5.29. The molecule has 7 nitrogen and oxygen atoms in total. The van der Waals surface area contributed by atoms with E-state index in [1.807, 2.05) is 42.5 Å². The standard InChI is InChI=1S/C24H26N2O5/c1-28-22-14-19-20(15-23(22)31-18-7-10-25-11-8-18)26-12-9-21(19)30-17-5-3-16(4-6-17)13-24(27)29-2/h3-6,9,12,14-15,18,25H,7-8,10-11,13H2,1-2H3. The highest BCUT2D eigenvalue weighted by Crippen LogP contribution is 2.38. The maximum Gasteiger partial charge on any atom is 0.309 e. The van der Waals surface area contributed by atoms with Crippen molar-refractivity contribution in [3.05, 3.63) is 54.2 Å². The number of ether oxygens (including phenoxy) is 4. The van der Waals surface area contributed by atoms with E-state index in [4.69, 9.17) is 18.9 Å². The van der Waals surface area contributed by atoms with Gasteiger partial charge in [-0.15, -0.1) is 0 Å². The molecule has 31 heavy (non-hydrogen) atoms. The van der Waals surface area contributed by atoms with Crippen molar-refractivity contribution in [3.63, 3.8) is 0 Å². The van der Waals surface area contributed by atoms with E-state index in [0.29, 0.717) is 23.0 Å². The molecular weight excluding hydrogens is 396 g/mol. The van der Waals surface area contributed by atoms with Crippen LogP contribution in [-0.4, -0.2) is 44.4 Å². The van der Waals surface area contributed by atoms with Gasteiger partial charge >= 0.3 is 5.97 Å². The summed E-state index contributed by atoms with van der Waals surface area (Å²) < 4.78 is 22.6. The van der Waals surface area contributed by atoms with Crippen molar-refractivity contribution in [1.82, 2.24) is 10.3 Å². The number of nitrogens with zero attached hydrogens (tertiary/aromatic N) is 1. The average molecular weight is 422 g/mol. The van der Waals surface area contributed by atoms with E-state index in [-0.39, 0.29) is 18.5 Å². The number of pyridine rings is 1. The van der Waals surface area contributed by atoms with Crippen molar-refractivity contribution in [3.8, 4) is 23.0 Å². The van der Waals surface area contributed by atoms with E-state index in [0.717, 1.165) is 42.4 Å². The Morgan fingerprint density at radius 2 is 1.81 bits per heavy atom. The van der Waals surface area contributed by atoms with Crippen LogP contribution in [-0.2, 0) is 16.0 Å². The lowest BCUT2D eigenvalue weighted by molar-refractivity contribution is -0.139. The van der Waals surface area contributed by atoms with Crippen LogP contribution >= 0.6 is 0 Å². The maximum atomic E-state index is 11.4. The molecular formula is C24H26N2O5. The number of hydrogen-bond acceptors (Lipinski definition) is 7. The summed E-state index contributed by atoms with van der Waals surface area (Å²) in [6.45, 7) is 1.91. The summed E-state index contributed by atoms with van der Waals surface area (Å²) in [5, 5.41) is 4.17. The Morgan fingerprint density at radius 3 is 2.52 bits per heavy atom. The zero-order valence-electron chi connectivity index (χ0n) is 17.7. The van der Waals surface area contributed by atoms with E-state index in [9.17, 15) is 4.79 Å². The minimum Gasteiger partial charge on any atom is -0.493 e. The summed E-state index contributed by atoms with van der Waals surface area (Å²) in [6.07, 6.45) is 4.03. The molecule has 3 aromatic rings. The van der Waals surface area contributed by atoms with Crippen molar-refractivity contribution in [1.29, 1.82) is 0 Å². The van der Waals surface area contributed by atoms with Crippen LogP contribution in [0, 0.1) is 0 Å². The summed E-state index contributed by atoms with van der Waals surface area (Å²) >= 11 is 0.